The molecule has 2 atom stereocenters. The molecule has 118 valence electrons. The lowest BCUT2D eigenvalue weighted by atomic mass is 10.2. The van der Waals surface area contributed by atoms with Gasteiger partial charge in [-0.3, -0.25) is 4.79 Å². The van der Waals surface area contributed by atoms with Gasteiger partial charge in [0.15, 0.2) is 0 Å². The molecule has 0 spiro atoms. The first-order valence-corrected chi connectivity index (χ1v) is 8.88. The molecule has 0 fully saturated rings. The maximum atomic E-state index is 12.9. The van der Waals surface area contributed by atoms with E-state index < -0.39 is 0 Å². The van der Waals surface area contributed by atoms with E-state index >= 15 is 0 Å². The molecular formula is C15H17FN2O2S2. The Morgan fingerprint density at radius 1 is 1.45 bits per heavy atom. The van der Waals surface area contributed by atoms with Crippen LogP contribution in [0.3, 0.4) is 0 Å². The summed E-state index contributed by atoms with van der Waals surface area (Å²) in [5.74, 6) is -0.580. The fourth-order valence-corrected chi connectivity index (χ4v) is 3.35. The smallest absolute Gasteiger partial charge is 0.271 e. The second-order valence-electron chi connectivity index (χ2n) is 4.76. The number of thiazole rings is 1. The van der Waals surface area contributed by atoms with Crippen molar-refractivity contribution in [1.29, 1.82) is 0 Å². The van der Waals surface area contributed by atoms with Gasteiger partial charge in [-0.1, -0.05) is 0 Å². The summed E-state index contributed by atoms with van der Waals surface area (Å²) in [6.07, 6.45) is 1.89. The normalized spacial score (nSPS) is 13.6. The lowest BCUT2D eigenvalue weighted by Crippen LogP contribution is -2.41. The van der Waals surface area contributed by atoms with Gasteiger partial charge in [-0.05, 0) is 37.4 Å². The van der Waals surface area contributed by atoms with Gasteiger partial charge in [0.1, 0.15) is 16.5 Å². The van der Waals surface area contributed by atoms with Crippen LogP contribution in [0.5, 0.6) is 0 Å². The molecule has 2 rings (SSSR count). The highest BCUT2D eigenvalue weighted by atomic mass is 32.2. The van der Waals surface area contributed by atoms with Crippen molar-refractivity contribution in [2.75, 3.05) is 12.9 Å². The van der Waals surface area contributed by atoms with Crippen LogP contribution in [0.25, 0.3) is 10.6 Å². The summed E-state index contributed by atoms with van der Waals surface area (Å²) in [6.45, 7) is 1.85. The zero-order valence-electron chi connectivity index (χ0n) is 12.2. The number of aliphatic hydroxyl groups is 1. The van der Waals surface area contributed by atoms with Crippen molar-refractivity contribution >= 4 is 29.0 Å². The second kappa shape index (κ2) is 7.71. The van der Waals surface area contributed by atoms with E-state index in [0.717, 1.165) is 5.56 Å². The number of hydrogen-bond donors (Lipinski definition) is 2. The SMILES string of the molecule is CSC(CO)C(C)NC(=O)c1csc(-c2ccc(F)cc2)n1. The lowest BCUT2D eigenvalue weighted by molar-refractivity contribution is 0.0931. The summed E-state index contributed by atoms with van der Waals surface area (Å²) in [6, 6.07) is 5.83. The topological polar surface area (TPSA) is 62.2 Å². The van der Waals surface area contributed by atoms with Crippen LogP contribution in [0.1, 0.15) is 17.4 Å². The van der Waals surface area contributed by atoms with Crippen LogP contribution in [0, 0.1) is 5.82 Å². The number of carbonyl (C=O) groups is 1. The van der Waals surface area contributed by atoms with E-state index in [1.165, 1.54) is 35.2 Å². The van der Waals surface area contributed by atoms with Gasteiger partial charge >= 0.3 is 0 Å². The Kier molecular flexibility index (Phi) is 5.93. The van der Waals surface area contributed by atoms with Crippen LogP contribution in [0.15, 0.2) is 29.6 Å². The van der Waals surface area contributed by atoms with E-state index in [1.54, 1.807) is 17.5 Å². The first kappa shape index (κ1) is 16.9. The number of hydrogen-bond acceptors (Lipinski definition) is 5. The molecule has 1 amide bonds. The minimum absolute atomic E-state index is 0.000504. The van der Waals surface area contributed by atoms with E-state index in [0.29, 0.717) is 10.7 Å². The third-order valence-electron chi connectivity index (χ3n) is 3.23. The summed E-state index contributed by atoms with van der Waals surface area (Å²) in [5.41, 5.74) is 1.10. The van der Waals surface area contributed by atoms with Gasteiger partial charge in [0.25, 0.3) is 5.91 Å². The molecule has 2 N–H and O–H groups in total. The van der Waals surface area contributed by atoms with Gasteiger partial charge in [-0.25, -0.2) is 9.37 Å². The number of thioether (sulfide) groups is 1. The first-order chi connectivity index (χ1) is 10.5. The third kappa shape index (κ3) is 4.06. The Labute approximate surface area is 136 Å². The van der Waals surface area contributed by atoms with Gasteiger partial charge in [0.05, 0.1) is 6.61 Å². The van der Waals surface area contributed by atoms with Crippen LogP contribution in [-0.4, -0.2) is 40.2 Å². The predicted molar refractivity (Wildman–Crippen MR) is 88.8 cm³/mol. The molecule has 0 aliphatic rings. The summed E-state index contributed by atoms with van der Waals surface area (Å²) < 4.78 is 12.9. The minimum Gasteiger partial charge on any atom is -0.395 e. The largest absolute Gasteiger partial charge is 0.395 e. The highest BCUT2D eigenvalue weighted by Gasteiger charge is 2.19. The number of benzene rings is 1. The third-order valence-corrected chi connectivity index (χ3v) is 5.28. The Balaban J connectivity index is 2.07. The van der Waals surface area contributed by atoms with Gasteiger partial charge in [0.2, 0.25) is 0 Å². The molecular weight excluding hydrogens is 323 g/mol. The Bertz CT molecular complexity index is 627. The quantitative estimate of drug-likeness (QED) is 0.849. The molecule has 0 saturated carbocycles. The minimum atomic E-state index is -0.306. The van der Waals surface area contributed by atoms with Gasteiger partial charge in [-0.2, -0.15) is 11.8 Å². The van der Waals surface area contributed by atoms with Crippen molar-refractivity contribution < 1.29 is 14.3 Å². The second-order valence-corrected chi connectivity index (χ2v) is 6.70. The number of halogens is 1. The van der Waals surface area contributed by atoms with Crippen molar-refractivity contribution in [2.24, 2.45) is 0 Å². The highest BCUT2D eigenvalue weighted by Crippen LogP contribution is 2.24. The lowest BCUT2D eigenvalue weighted by Gasteiger charge is -2.20. The average molecular weight is 340 g/mol. The molecule has 4 nitrogen and oxygen atoms in total. The fraction of sp³-hybridized carbons (Fsp3) is 0.333. The summed E-state index contributed by atoms with van der Waals surface area (Å²) in [7, 11) is 0. The van der Waals surface area contributed by atoms with E-state index in [-0.39, 0.29) is 29.6 Å². The van der Waals surface area contributed by atoms with Crippen LogP contribution in [0.2, 0.25) is 0 Å². The number of aliphatic hydroxyl groups excluding tert-OH is 1. The van der Waals surface area contributed by atoms with Gasteiger partial charge in [-0.15, -0.1) is 11.3 Å². The number of carbonyl (C=O) groups excluding carboxylic acids is 1. The molecule has 1 aromatic heterocycles. The summed E-state index contributed by atoms with van der Waals surface area (Å²) in [4.78, 5) is 16.5. The zero-order chi connectivity index (χ0) is 16.1. The Morgan fingerprint density at radius 2 is 2.14 bits per heavy atom. The number of rotatable bonds is 6. The summed E-state index contributed by atoms with van der Waals surface area (Å²) in [5, 5.41) is 14.4. The maximum Gasteiger partial charge on any atom is 0.271 e. The van der Waals surface area contributed by atoms with Crippen LogP contribution in [0.4, 0.5) is 4.39 Å². The molecule has 0 aliphatic carbocycles. The highest BCUT2D eigenvalue weighted by molar-refractivity contribution is 7.99. The molecule has 0 saturated heterocycles. The Hall–Kier alpha value is -1.44. The van der Waals surface area contributed by atoms with E-state index in [9.17, 15) is 14.3 Å². The predicted octanol–water partition coefficient (Wildman–Crippen LogP) is 2.79. The molecule has 1 heterocycles. The van der Waals surface area contributed by atoms with Crippen molar-refractivity contribution in [1.82, 2.24) is 10.3 Å². The van der Waals surface area contributed by atoms with Crippen molar-refractivity contribution in [3.05, 3.63) is 41.2 Å². The molecule has 0 aliphatic heterocycles. The number of amides is 1. The molecule has 1 aromatic carbocycles. The first-order valence-electron chi connectivity index (χ1n) is 6.71. The maximum absolute atomic E-state index is 12.9. The molecule has 2 aromatic rings. The standard InChI is InChI=1S/C15H17FN2O2S2/c1-9(13(7-19)21-2)17-14(20)12-8-22-15(18-12)10-3-5-11(16)6-4-10/h3-6,8-9,13,19H,7H2,1-2H3,(H,17,20). The monoisotopic (exact) mass is 340 g/mol. The van der Waals surface area contributed by atoms with Gasteiger partial charge in [0, 0.05) is 22.2 Å². The van der Waals surface area contributed by atoms with Crippen molar-refractivity contribution in [3.8, 4) is 10.6 Å². The number of aromatic nitrogens is 1. The van der Waals surface area contributed by atoms with Crippen LogP contribution in [-0.2, 0) is 0 Å². The van der Waals surface area contributed by atoms with Gasteiger partial charge < -0.3 is 10.4 Å². The molecule has 22 heavy (non-hydrogen) atoms. The zero-order valence-corrected chi connectivity index (χ0v) is 13.9. The van der Waals surface area contributed by atoms with Crippen LogP contribution >= 0.6 is 23.1 Å². The average Bonchev–Trinajstić information content (AvgIpc) is 2.99. The molecule has 2 unspecified atom stereocenters. The summed E-state index contributed by atoms with van der Waals surface area (Å²) >= 11 is 2.84. The fourth-order valence-electron chi connectivity index (χ4n) is 1.91. The van der Waals surface area contributed by atoms with E-state index in [2.05, 4.69) is 10.3 Å². The number of nitrogens with zero attached hydrogens (tertiary/aromatic N) is 1. The number of nitrogens with one attached hydrogen (secondary N) is 1. The Morgan fingerprint density at radius 3 is 2.73 bits per heavy atom. The molecule has 0 bridgehead atoms. The molecule has 7 heteroatoms. The van der Waals surface area contributed by atoms with Crippen molar-refractivity contribution in [2.45, 2.75) is 18.2 Å². The molecule has 0 radical (unpaired) electrons. The van der Waals surface area contributed by atoms with E-state index in [1.807, 2.05) is 13.2 Å². The van der Waals surface area contributed by atoms with E-state index in [4.69, 9.17) is 0 Å². The van der Waals surface area contributed by atoms with Crippen LogP contribution < -0.4 is 5.32 Å². The van der Waals surface area contributed by atoms with Crippen molar-refractivity contribution in [3.63, 3.8) is 0 Å².